The van der Waals surface area contributed by atoms with Gasteiger partial charge in [0.15, 0.2) is 0 Å². The van der Waals surface area contributed by atoms with Crippen LogP contribution in [0.25, 0.3) is 0 Å². The van der Waals surface area contributed by atoms with Crippen molar-refractivity contribution in [2.24, 2.45) is 5.73 Å². The van der Waals surface area contributed by atoms with Crippen molar-refractivity contribution < 1.29 is 40.9 Å². The maximum atomic E-state index is 10.7. The Morgan fingerprint density at radius 3 is 1.76 bits per heavy atom. The summed E-state index contributed by atoms with van der Waals surface area (Å²) in [5, 5.41) is 7.90. The molecule has 0 aliphatic carbocycles. The molecule has 0 bridgehead atoms. The van der Waals surface area contributed by atoms with Gasteiger partial charge in [-0.25, -0.2) is 5.48 Å². The van der Waals surface area contributed by atoms with E-state index < -0.39 is 27.4 Å². The quantitative estimate of drug-likeness (QED) is 0.229. The Hall–Kier alpha value is -1.40. The van der Waals surface area contributed by atoms with Crippen LogP contribution >= 0.6 is 0 Å². The molecule has 8 nitrogen and oxygen atoms in total. The summed E-state index contributed by atoms with van der Waals surface area (Å²) in [6, 6.07) is 0. The second kappa shape index (κ2) is 7.03. The van der Waals surface area contributed by atoms with Crippen LogP contribution in [0.5, 0.6) is 0 Å². The molecule has 0 unspecified atom stereocenters. The molecule has 0 atom stereocenters. The Morgan fingerprint density at radius 2 is 1.59 bits per heavy atom. The highest BCUT2D eigenvalue weighted by atomic mass is 32.2. The molecule has 0 aromatic carbocycles. The summed E-state index contributed by atoms with van der Waals surface area (Å²) in [4.78, 5) is 20.1. The van der Waals surface area contributed by atoms with Gasteiger partial charge in [-0.1, -0.05) is 0 Å². The minimum absolute atomic E-state index is 0.0353. The van der Waals surface area contributed by atoms with Gasteiger partial charge < -0.3 is 5.73 Å². The van der Waals surface area contributed by atoms with E-state index in [0.29, 0.717) is 0 Å². The van der Waals surface area contributed by atoms with Gasteiger partial charge in [-0.05, 0) is 0 Å². The SMILES string of the molecule is NC(=O)CCC(=O)NO.O=S(=O)(O)C(F)(F)F. The molecule has 5 N–H and O–H groups in total. The van der Waals surface area contributed by atoms with Crippen molar-refractivity contribution in [3.05, 3.63) is 0 Å². The van der Waals surface area contributed by atoms with E-state index in [0.717, 1.165) is 0 Å². The number of halogens is 3. The van der Waals surface area contributed by atoms with Crippen LogP contribution in [0.15, 0.2) is 0 Å². The van der Waals surface area contributed by atoms with Crippen LogP contribution in [0.4, 0.5) is 13.2 Å². The molecule has 0 saturated heterocycles. The minimum Gasteiger partial charge on any atom is -0.370 e. The Labute approximate surface area is 93.3 Å². The van der Waals surface area contributed by atoms with E-state index >= 15 is 0 Å². The number of hydrogen-bond donors (Lipinski definition) is 4. The zero-order valence-electron chi connectivity index (χ0n) is 8.06. The van der Waals surface area contributed by atoms with Crippen molar-refractivity contribution in [3.63, 3.8) is 0 Å². The molecule has 0 saturated carbocycles. The number of nitrogens with two attached hydrogens (primary N) is 1. The number of rotatable bonds is 3. The average molecular weight is 282 g/mol. The summed E-state index contributed by atoms with van der Waals surface area (Å²) >= 11 is 0. The van der Waals surface area contributed by atoms with Gasteiger partial charge in [0.05, 0.1) is 0 Å². The fraction of sp³-hybridized carbons (Fsp3) is 0.600. The Bertz CT molecular complexity index is 364. The maximum Gasteiger partial charge on any atom is 0.522 e. The molecule has 0 fully saturated rings. The minimum atomic E-state index is -5.84. The summed E-state index contributed by atoms with van der Waals surface area (Å²) in [6.45, 7) is 0. The number of hydroxylamine groups is 1. The van der Waals surface area contributed by atoms with E-state index in [2.05, 4.69) is 0 Å². The molecule has 0 spiro atoms. The summed E-state index contributed by atoms with van der Waals surface area (Å²) in [5.41, 5.74) is 0.534. The Kier molecular flexibility index (Phi) is 7.43. The van der Waals surface area contributed by atoms with Crippen LogP contribution in [-0.2, 0) is 19.7 Å². The molecule has 17 heavy (non-hydrogen) atoms. The van der Waals surface area contributed by atoms with Crippen LogP contribution < -0.4 is 11.2 Å². The molecule has 0 aliphatic heterocycles. The predicted octanol–water partition coefficient (Wildman–Crippen LogP) is -0.849. The smallest absolute Gasteiger partial charge is 0.370 e. The van der Waals surface area contributed by atoms with Crippen LogP contribution in [0, 0.1) is 0 Å². The molecule has 0 heterocycles. The van der Waals surface area contributed by atoms with Gasteiger partial charge in [-0.15, -0.1) is 0 Å². The van der Waals surface area contributed by atoms with Crippen LogP contribution in [0.3, 0.4) is 0 Å². The van der Waals surface area contributed by atoms with Gasteiger partial charge in [0.1, 0.15) is 0 Å². The molecule has 0 aromatic rings. The Balaban J connectivity index is 0. The fourth-order valence-electron chi connectivity index (χ4n) is 0.293. The van der Waals surface area contributed by atoms with Crippen molar-refractivity contribution in [3.8, 4) is 0 Å². The molecular weight excluding hydrogens is 273 g/mol. The third-order valence-electron chi connectivity index (χ3n) is 1.02. The van der Waals surface area contributed by atoms with Crippen molar-refractivity contribution in [2.45, 2.75) is 18.3 Å². The van der Waals surface area contributed by atoms with Gasteiger partial charge in [-0.2, -0.15) is 21.6 Å². The summed E-state index contributed by atoms with van der Waals surface area (Å²) in [6.07, 6.45) is -0.0990. The second-order valence-corrected chi connectivity index (χ2v) is 3.84. The lowest BCUT2D eigenvalue weighted by Gasteiger charge is -1.97. The van der Waals surface area contributed by atoms with Gasteiger partial charge in [0.25, 0.3) is 0 Å². The van der Waals surface area contributed by atoms with Gasteiger partial charge in [-0.3, -0.25) is 19.3 Å². The summed E-state index contributed by atoms with van der Waals surface area (Å²) in [7, 11) is -5.84. The highest BCUT2D eigenvalue weighted by molar-refractivity contribution is 7.86. The van der Waals surface area contributed by atoms with E-state index in [1.807, 2.05) is 0 Å². The van der Waals surface area contributed by atoms with Crippen LogP contribution in [-0.4, -0.2) is 35.5 Å². The zero-order valence-corrected chi connectivity index (χ0v) is 8.88. The number of carbonyl (C=O) groups is 2. The van der Waals surface area contributed by atoms with E-state index in [-0.39, 0.29) is 12.8 Å². The average Bonchev–Trinajstić information content (AvgIpc) is 2.11. The maximum absolute atomic E-state index is 10.7. The van der Waals surface area contributed by atoms with Crippen molar-refractivity contribution >= 4 is 21.9 Å². The van der Waals surface area contributed by atoms with Gasteiger partial charge >= 0.3 is 15.6 Å². The lowest BCUT2D eigenvalue weighted by atomic mass is 10.3. The number of hydrogen-bond acceptors (Lipinski definition) is 5. The largest absolute Gasteiger partial charge is 0.522 e. The number of alkyl halides is 3. The molecule has 12 heteroatoms. The number of primary amides is 1. The summed E-state index contributed by atoms with van der Waals surface area (Å²) in [5.74, 6) is -1.16. The molecule has 0 rings (SSSR count). The van der Waals surface area contributed by atoms with Crippen molar-refractivity contribution in [2.75, 3.05) is 0 Å². The predicted molar refractivity (Wildman–Crippen MR) is 46.0 cm³/mol. The standard InChI is InChI=1S/C4H8N2O3.CHF3O3S/c5-3(7)1-2-4(8)6-9;2-1(3,4)8(5,6)7/h9H,1-2H2,(H2,5,7)(H,6,8);(H,5,6,7). The zero-order chi connectivity index (χ0) is 14.3. The van der Waals surface area contributed by atoms with E-state index in [9.17, 15) is 22.8 Å². The number of nitrogens with one attached hydrogen (secondary N) is 1. The fourth-order valence-corrected chi connectivity index (χ4v) is 0.293. The number of amides is 2. The van der Waals surface area contributed by atoms with Gasteiger partial charge in [0, 0.05) is 12.8 Å². The molecule has 0 aliphatic rings. The van der Waals surface area contributed by atoms with E-state index in [4.69, 9.17) is 23.9 Å². The first-order chi connectivity index (χ1) is 7.41. The van der Waals surface area contributed by atoms with Crippen LogP contribution in [0.1, 0.15) is 12.8 Å². The first kappa shape index (κ1) is 18.0. The normalized spacial score (nSPS) is 11.1. The molecule has 0 aromatic heterocycles. The lowest BCUT2D eigenvalue weighted by molar-refractivity contribution is -0.131. The highest BCUT2D eigenvalue weighted by Gasteiger charge is 2.44. The van der Waals surface area contributed by atoms with E-state index in [1.165, 1.54) is 5.48 Å². The summed E-state index contributed by atoms with van der Waals surface area (Å²) < 4.78 is 57.5. The lowest BCUT2D eigenvalue weighted by Crippen LogP contribution is -2.21. The first-order valence-corrected chi connectivity index (χ1v) is 5.10. The number of carbonyl (C=O) groups excluding carboxylic acids is 2. The third kappa shape index (κ3) is 10.9. The second-order valence-electron chi connectivity index (χ2n) is 2.42. The Morgan fingerprint density at radius 1 is 1.24 bits per heavy atom. The monoisotopic (exact) mass is 282 g/mol. The molecule has 0 radical (unpaired) electrons. The first-order valence-electron chi connectivity index (χ1n) is 3.66. The van der Waals surface area contributed by atoms with Crippen LogP contribution in [0.2, 0.25) is 0 Å². The van der Waals surface area contributed by atoms with Crippen molar-refractivity contribution in [1.29, 1.82) is 0 Å². The van der Waals surface area contributed by atoms with Crippen molar-refractivity contribution in [1.82, 2.24) is 5.48 Å². The molecule has 2 amide bonds. The molecule has 102 valence electrons. The highest BCUT2D eigenvalue weighted by Crippen LogP contribution is 2.20. The van der Waals surface area contributed by atoms with Gasteiger partial charge in [0.2, 0.25) is 11.8 Å². The third-order valence-corrected chi connectivity index (χ3v) is 1.60. The molecular formula is C5H9F3N2O6S. The van der Waals surface area contributed by atoms with E-state index in [1.54, 1.807) is 0 Å². The topological polar surface area (TPSA) is 147 Å².